The zero-order valence-electron chi connectivity index (χ0n) is 9.85. The largest absolute Gasteiger partial charge is 0.464 e. The van der Waals surface area contributed by atoms with Crippen LogP contribution in [0, 0.1) is 0 Å². The maximum absolute atomic E-state index is 5.57. The quantitative estimate of drug-likeness (QED) is 0.704. The molecular formula is C14H14N2OS. The number of hydrogen-bond acceptors (Lipinski definition) is 3. The van der Waals surface area contributed by atoms with Gasteiger partial charge in [-0.15, -0.1) is 11.8 Å². The predicted octanol–water partition coefficient (Wildman–Crippen LogP) is 3.51. The Morgan fingerprint density at radius 1 is 1.11 bits per heavy atom. The van der Waals surface area contributed by atoms with Crippen molar-refractivity contribution in [3.05, 3.63) is 54.0 Å². The van der Waals surface area contributed by atoms with E-state index in [2.05, 4.69) is 23.2 Å². The van der Waals surface area contributed by atoms with Gasteiger partial charge in [0.05, 0.1) is 17.3 Å². The number of nitrogens with two attached hydrogens (primary N) is 1. The fraction of sp³-hybridized carbons (Fsp3) is 0.143. The molecular weight excluding hydrogens is 244 g/mol. The van der Waals surface area contributed by atoms with Crippen molar-refractivity contribution < 1.29 is 4.42 Å². The molecule has 1 aromatic carbocycles. The van der Waals surface area contributed by atoms with Crippen molar-refractivity contribution >= 4 is 22.7 Å². The minimum absolute atomic E-state index is 0.455. The smallest absolute Gasteiger partial charge is 0.117 e. The molecule has 3 N–H and O–H groups in total. The second-order valence-electron chi connectivity index (χ2n) is 4.08. The van der Waals surface area contributed by atoms with E-state index in [1.165, 1.54) is 10.9 Å². The molecule has 0 aliphatic heterocycles. The Morgan fingerprint density at radius 2 is 1.94 bits per heavy atom. The summed E-state index contributed by atoms with van der Waals surface area (Å²) in [5.74, 6) is 2.61. The first kappa shape index (κ1) is 11.4. The molecule has 0 aliphatic rings. The van der Waals surface area contributed by atoms with Gasteiger partial charge in [-0.3, -0.25) is 0 Å². The van der Waals surface area contributed by atoms with Gasteiger partial charge in [-0.25, -0.2) is 0 Å². The van der Waals surface area contributed by atoms with Crippen LogP contribution in [-0.2, 0) is 12.3 Å². The van der Waals surface area contributed by atoms with Crippen LogP contribution in [0.4, 0.5) is 0 Å². The molecule has 4 heteroatoms. The Hall–Kier alpha value is -1.65. The van der Waals surface area contributed by atoms with Gasteiger partial charge in [0, 0.05) is 10.9 Å². The van der Waals surface area contributed by atoms with E-state index in [1.807, 2.05) is 24.3 Å². The molecule has 2 heterocycles. The highest BCUT2D eigenvalue weighted by atomic mass is 32.2. The van der Waals surface area contributed by atoms with E-state index in [1.54, 1.807) is 11.8 Å². The van der Waals surface area contributed by atoms with Crippen LogP contribution in [0.1, 0.15) is 11.5 Å². The lowest BCUT2D eigenvalue weighted by Crippen LogP contribution is -1.92. The molecule has 0 saturated carbocycles. The lowest BCUT2D eigenvalue weighted by molar-refractivity contribution is 0.482. The Labute approximate surface area is 109 Å². The molecule has 18 heavy (non-hydrogen) atoms. The number of fused-ring (bicyclic) bond motifs is 1. The van der Waals surface area contributed by atoms with Gasteiger partial charge in [-0.2, -0.15) is 0 Å². The van der Waals surface area contributed by atoms with Crippen LogP contribution in [0.3, 0.4) is 0 Å². The third kappa shape index (κ3) is 2.30. The summed E-state index contributed by atoms with van der Waals surface area (Å²) < 4.78 is 5.57. The van der Waals surface area contributed by atoms with Crippen LogP contribution < -0.4 is 5.73 Å². The van der Waals surface area contributed by atoms with Crippen LogP contribution in [0.25, 0.3) is 10.9 Å². The van der Waals surface area contributed by atoms with E-state index in [-0.39, 0.29) is 0 Å². The molecule has 3 rings (SSSR count). The molecule has 0 saturated heterocycles. The number of rotatable bonds is 4. The van der Waals surface area contributed by atoms with E-state index in [9.17, 15) is 0 Å². The average molecular weight is 258 g/mol. The van der Waals surface area contributed by atoms with E-state index in [0.717, 1.165) is 22.3 Å². The SMILES string of the molecule is NCc1ccc(CSc2cc3ccccc3[nH]2)o1. The lowest BCUT2D eigenvalue weighted by atomic mass is 10.3. The van der Waals surface area contributed by atoms with E-state index < -0.39 is 0 Å². The minimum Gasteiger partial charge on any atom is -0.464 e. The van der Waals surface area contributed by atoms with Crippen molar-refractivity contribution in [1.82, 2.24) is 4.98 Å². The highest BCUT2D eigenvalue weighted by molar-refractivity contribution is 7.98. The summed E-state index contributed by atoms with van der Waals surface area (Å²) in [6, 6.07) is 14.3. The number of hydrogen-bond donors (Lipinski definition) is 2. The number of aromatic amines is 1. The molecule has 0 radical (unpaired) electrons. The van der Waals surface area contributed by atoms with Crippen molar-refractivity contribution in [2.45, 2.75) is 17.3 Å². The van der Waals surface area contributed by atoms with Gasteiger partial charge in [-0.05, 0) is 24.3 Å². The average Bonchev–Trinajstić information content (AvgIpc) is 3.02. The number of thioether (sulfide) groups is 1. The summed E-state index contributed by atoms with van der Waals surface area (Å²) in [4.78, 5) is 3.38. The number of furan rings is 1. The number of aromatic nitrogens is 1. The molecule has 0 spiro atoms. The second-order valence-corrected chi connectivity index (χ2v) is 5.10. The van der Waals surface area contributed by atoms with Gasteiger partial charge in [0.2, 0.25) is 0 Å². The van der Waals surface area contributed by atoms with Gasteiger partial charge in [0.15, 0.2) is 0 Å². The van der Waals surface area contributed by atoms with Crippen LogP contribution in [0.15, 0.2) is 51.9 Å². The topological polar surface area (TPSA) is 55.0 Å². The molecule has 0 bridgehead atoms. The standard InChI is InChI=1S/C14H14N2OS/c15-8-11-5-6-12(17-11)9-18-14-7-10-3-1-2-4-13(10)16-14/h1-7,16H,8-9,15H2. The third-order valence-electron chi connectivity index (χ3n) is 2.79. The molecule has 0 unspecified atom stereocenters. The number of para-hydroxylation sites is 1. The molecule has 3 nitrogen and oxygen atoms in total. The second kappa shape index (κ2) is 4.92. The fourth-order valence-corrected chi connectivity index (χ4v) is 2.73. The van der Waals surface area contributed by atoms with Crippen molar-refractivity contribution in [3.8, 4) is 0 Å². The molecule has 2 aromatic heterocycles. The summed E-state index contributed by atoms with van der Waals surface area (Å²) in [6.45, 7) is 0.455. The van der Waals surface area contributed by atoms with Crippen LogP contribution in [-0.4, -0.2) is 4.98 Å². The van der Waals surface area contributed by atoms with Crippen molar-refractivity contribution in [2.24, 2.45) is 5.73 Å². The maximum Gasteiger partial charge on any atom is 0.117 e. The highest BCUT2D eigenvalue weighted by Crippen LogP contribution is 2.26. The lowest BCUT2D eigenvalue weighted by Gasteiger charge is -1.95. The number of benzene rings is 1. The van der Waals surface area contributed by atoms with Gasteiger partial charge in [0.1, 0.15) is 11.5 Å². The normalized spacial score (nSPS) is 11.2. The molecule has 0 atom stereocenters. The summed E-state index contributed by atoms with van der Waals surface area (Å²) >= 11 is 1.73. The first-order valence-electron chi connectivity index (χ1n) is 5.83. The highest BCUT2D eigenvalue weighted by Gasteiger charge is 2.04. The first-order chi connectivity index (χ1) is 8.85. The van der Waals surface area contributed by atoms with Crippen molar-refractivity contribution in [3.63, 3.8) is 0 Å². The van der Waals surface area contributed by atoms with E-state index in [4.69, 9.17) is 10.2 Å². The van der Waals surface area contributed by atoms with Crippen molar-refractivity contribution in [2.75, 3.05) is 0 Å². The van der Waals surface area contributed by atoms with Gasteiger partial charge < -0.3 is 15.1 Å². The van der Waals surface area contributed by atoms with E-state index in [0.29, 0.717) is 6.54 Å². The Bertz CT molecular complexity index is 623. The maximum atomic E-state index is 5.57. The molecule has 0 amide bonds. The Kier molecular flexibility index (Phi) is 3.13. The summed E-state index contributed by atoms with van der Waals surface area (Å²) in [7, 11) is 0. The van der Waals surface area contributed by atoms with Crippen LogP contribution in [0.5, 0.6) is 0 Å². The Balaban J connectivity index is 1.72. The zero-order chi connectivity index (χ0) is 12.4. The number of H-pyrrole nitrogens is 1. The van der Waals surface area contributed by atoms with Gasteiger partial charge in [-0.1, -0.05) is 18.2 Å². The molecule has 0 aliphatic carbocycles. The van der Waals surface area contributed by atoms with Gasteiger partial charge >= 0.3 is 0 Å². The fourth-order valence-electron chi connectivity index (χ4n) is 1.88. The molecule has 0 fully saturated rings. The summed E-state index contributed by atoms with van der Waals surface area (Å²) in [6.07, 6.45) is 0. The van der Waals surface area contributed by atoms with Crippen molar-refractivity contribution in [1.29, 1.82) is 0 Å². The van der Waals surface area contributed by atoms with Crippen LogP contribution in [0.2, 0.25) is 0 Å². The Morgan fingerprint density at radius 3 is 2.72 bits per heavy atom. The van der Waals surface area contributed by atoms with Gasteiger partial charge in [0.25, 0.3) is 0 Å². The molecule has 92 valence electrons. The zero-order valence-corrected chi connectivity index (χ0v) is 10.7. The first-order valence-corrected chi connectivity index (χ1v) is 6.82. The minimum atomic E-state index is 0.455. The number of nitrogens with one attached hydrogen (secondary N) is 1. The van der Waals surface area contributed by atoms with Crippen LogP contribution >= 0.6 is 11.8 Å². The summed E-state index contributed by atoms with van der Waals surface area (Å²) in [5, 5.41) is 2.39. The predicted molar refractivity (Wildman–Crippen MR) is 74.5 cm³/mol. The third-order valence-corrected chi connectivity index (χ3v) is 3.75. The molecule has 3 aromatic rings. The summed E-state index contributed by atoms with van der Waals surface area (Å²) in [5.41, 5.74) is 6.68. The monoisotopic (exact) mass is 258 g/mol. The van der Waals surface area contributed by atoms with E-state index >= 15 is 0 Å².